The summed E-state index contributed by atoms with van der Waals surface area (Å²) in [7, 11) is 0. The number of carbonyl (C=O) groups excluding carboxylic acids is 1. The second-order valence-electron chi connectivity index (χ2n) is 6.26. The minimum Gasteiger partial charge on any atom is -0.348 e. The van der Waals surface area contributed by atoms with Crippen molar-refractivity contribution in [3.63, 3.8) is 0 Å². The number of hydrogen-bond donors (Lipinski definition) is 3. The molecule has 0 bridgehead atoms. The fourth-order valence-electron chi connectivity index (χ4n) is 2.89. The first-order valence-corrected chi connectivity index (χ1v) is 7.77. The Morgan fingerprint density at radius 2 is 2.10 bits per heavy atom. The van der Waals surface area contributed by atoms with E-state index in [-0.39, 0.29) is 23.1 Å². The van der Waals surface area contributed by atoms with E-state index >= 15 is 0 Å². The molecule has 1 aromatic rings. The lowest BCUT2D eigenvalue weighted by Gasteiger charge is -2.20. The van der Waals surface area contributed by atoms with E-state index in [0.717, 1.165) is 43.4 Å². The Morgan fingerprint density at radius 3 is 2.76 bits per heavy atom. The van der Waals surface area contributed by atoms with E-state index in [1.54, 1.807) is 6.07 Å². The molecule has 1 aliphatic rings. The molecule has 0 saturated heterocycles. The first-order chi connectivity index (χ1) is 10.0. The Kier molecular flexibility index (Phi) is 5.17. The highest BCUT2D eigenvalue weighted by molar-refractivity contribution is 5.94. The van der Waals surface area contributed by atoms with Crippen molar-refractivity contribution < 1.29 is 4.79 Å². The van der Waals surface area contributed by atoms with Gasteiger partial charge >= 0.3 is 0 Å². The molecule has 0 radical (unpaired) electrons. The van der Waals surface area contributed by atoms with Crippen LogP contribution in [0.3, 0.4) is 0 Å². The minimum absolute atomic E-state index is 0.0899. The maximum absolute atomic E-state index is 12.3. The molecule has 0 fully saturated rings. The van der Waals surface area contributed by atoms with Gasteiger partial charge in [0, 0.05) is 18.3 Å². The molecule has 0 aliphatic heterocycles. The smallest absolute Gasteiger partial charge is 0.261 e. The summed E-state index contributed by atoms with van der Waals surface area (Å²) < 4.78 is 0. The maximum Gasteiger partial charge on any atom is 0.261 e. The van der Waals surface area contributed by atoms with Gasteiger partial charge in [-0.05, 0) is 49.7 Å². The molecule has 4 N–H and O–H groups in total. The fourth-order valence-corrected chi connectivity index (χ4v) is 2.89. The number of aryl methyl sites for hydroxylation is 2. The number of H-pyrrole nitrogens is 1. The lowest BCUT2D eigenvalue weighted by atomic mass is 9.95. The summed E-state index contributed by atoms with van der Waals surface area (Å²) in [5.74, 6) is 0.126. The summed E-state index contributed by atoms with van der Waals surface area (Å²) in [6.07, 6.45) is 4.84. The average Bonchev–Trinajstić information content (AvgIpc) is 2.45. The molecule has 1 atom stereocenters. The van der Waals surface area contributed by atoms with Crippen LogP contribution in [0.4, 0.5) is 0 Å². The van der Waals surface area contributed by atoms with Gasteiger partial charge < -0.3 is 16.0 Å². The molecule has 0 aromatic carbocycles. The maximum atomic E-state index is 12.3. The van der Waals surface area contributed by atoms with Gasteiger partial charge in [-0.3, -0.25) is 9.59 Å². The third-order valence-electron chi connectivity index (χ3n) is 3.96. The second kappa shape index (κ2) is 6.89. The Hall–Kier alpha value is -1.62. The van der Waals surface area contributed by atoms with Gasteiger partial charge in [0.25, 0.3) is 11.5 Å². The van der Waals surface area contributed by atoms with Crippen LogP contribution in [0.2, 0.25) is 0 Å². The van der Waals surface area contributed by atoms with Crippen molar-refractivity contribution in [2.45, 2.75) is 52.0 Å². The predicted octanol–water partition coefficient (Wildman–Crippen LogP) is 1.36. The molecule has 1 amide bonds. The normalized spacial score (nSPS) is 15.6. The Balaban J connectivity index is 2.17. The molecule has 1 aliphatic carbocycles. The molecule has 21 heavy (non-hydrogen) atoms. The minimum atomic E-state index is -0.319. The van der Waals surface area contributed by atoms with Crippen molar-refractivity contribution in [2.75, 3.05) is 6.54 Å². The SMILES string of the molecule is CC(C)CC(CN)NC(=O)c1cc2c([nH]c1=O)CCCC2. The van der Waals surface area contributed by atoms with E-state index in [0.29, 0.717) is 12.5 Å². The second-order valence-corrected chi connectivity index (χ2v) is 6.26. The van der Waals surface area contributed by atoms with Gasteiger partial charge in [-0.15, -0.1) is 0 Å². The number of fused-ring (bicyclic) bond motifs is 1. The van der Waals surface area contributed by atoms with Crippen LogP contribution < -0.4 is 16.6 Å². The summed E-state index contributed by atoms with van der Waals surface area (Å²) in [4.78, 5) is 27.3. The number of rotatable bonds is 5. The number of carbonyl (C=O) groups is 1. The van der Waals surface area contributed by atoms with Crippen LogP contribution in [-0.4, -0.2) is 23.5 Å². The van der Waals surface area contributed by atoms with Crippen molar-refractivity contribution in [2.24, 2.45) is 11.7 Å². The number of nitrogens with one attached hydrogen (secondary N) is 2. The molecule has 5 nitrogen and oxygen atoms in total. The zero-order chi connectivity index (χ0) is 15.4. The number of aromatic nitrogens is 1. The lowest BCUT2D eigenvalue weighted by Crippen LogP contribution is -2.43. The molecule has 0 saturated carbocycles. The summed E-state index contributed by atoms with van der Waals surface area (Å²) in [5, 5.41) is 2.88. The van der Waals surface area contributed by atoms with Crippen molar-refractivity contribution in [1.82, 2.24) is 10.3 Å². The van der Waals surface area contributed by atoms with E-state index in [4.69, 9.17) is 5.73 Å². The standard InChI is InChI=1S/C16H25N3O2/c1-10(2)7-12(9-17)18-15(20)13-8-11-5-3-4-6-14(11)19-16(13)21/h8,10,12H,3-7,9,17H2,1-2H3,(H,18,20)(H,19,21). The van der Waals surface area contributed by atoms with Crippen LogP contribution >= 0.6 is 0 Å². The summed E-state index contributed by atoms with van der Waals surface area (Å²) in [6.45, 7) is 4.55. The van der Waals surface area contributed by atoms with Gasteiger partial charge in [0.1, 0.15) is 5.56 Å². The highest BCUT2D eigenvalue weighted by Crippen LogP contribution is 2.18. The largest absolute Gasteiger partial charge is 0.348 e. The highest BCUT2D eigenvalue weighted by atomic mass is 16.2. The third kappa shape index (κ3) is 3.94. The number of hydrogen-bond acceptors (Lipinski definition) is 3. The molecule has 1 heterocycles. The molecule has 1 aromatic heterocycles. The fraction of sp³-hybridized carbons (Fsp3) is 0.625. The van der Waals surface area contributed by atoms with Crippen LogP contribution in [0.5, 0.6) is 0 Å². The first kappa shape index (κ1) is 15.8. The van der Waals surface area contributed by atoms with Crippen LogP contribution in [0.15, 0.2) is 10.9 Å². The topological polar surface area (TPSA) is 88.0 Å². The van der Waals surface area contributed by atoms with E-state index in [9.17, 15) is 9.59 Å². The molecule has 116 valence electrons. The Labute approximate surface area is 125 Å². The Bertz CT molecular complexity index is 563. The van der Waals surface area contributed by atoms with Gasteiger partial charge in [0.2, 0.25) is 0 Å². The van der Waals surface area contributed by atoms with Crippen molar-refractivity contribution in [1.29, 1.82) is 0 Å². The highest BCUT2D eigenvalue weighted by Gasteiger charge is 2.19. The van der Waals surface area contributed by atoms with Crippen LogP contribution in [-0.2, 0) is 12.8 Å². The number of aromatic amines is 1. The van der Waals surface area contributed by atoms with Gasteiger partial charge in [-0.25, -0.2) is 0 Å². The third-order valence-corrected chi connectivity index (χ3v) is 3.96. The average molecular weight is 291 g/mol. The monoisotopic (exact) mass is 291 g/mol. The molecule has 1 unspecified atom stereocenters. The van der Waals surface area contributed by atoms with Crippen molar-refractivity contribution in [3.8, 4) is 0 Å². The number of pyridine rings is 1. The van der Waals surface area contributed by atoms with Crippen LogP contribution in [0.25, 0.3) is 0 Å². The molecule has 5 heteroatoms. The Morgan fingerprint density at radius 1 is 1.38 bits per heavy atom. The summed E-state index contributed by atoms with van der Waals surface area (Å²) in [6, 6.07) is 1.67. The quantitative estimate of drug-likeness (QED) is 0.765. The predicted molar refractivity (Wildman–Crippen MR) is 83.5 cm³/mol. The van der Waals surface area contributed by atoms with Crippen molar-refractivity contribution in [3.05, 3.63) is 33.2 Å². The van der Waals surface area contributed by atoms with Crippen molar-refractivity contribution >= 4 is 5.91 Å². The van der Waals surface area contributed by atoms with Gasteiger partial charge in [-0.1, -0.05) is 13.8 Å². The van der Waals surface area contributed by atoms with Gasteiger partial charge in [0.05, 0.1) is 0 Å². The zero-order valence-corrected chi connectivity index (χ0v) is 12.9. The molecular weight excluding hydrogens is 266 g/mol. The zero-order valence-electron chi connectivity index (χ0n) is 12.9. The molecule has 2 rings (SSSR count). The first-order valence-electron chi connectivity index (χ1n) is 7.77. The summed E-state index contributed by atoms with van der Waals surface area (Å²) >= 11 is 0. The molecule has 0 spiro atoms. The van der Waals surface area contributed by atoms with E-state index < -0.39 is 0 Å². The van der Waals surface area contributed by atoms with Gasteiger partial charge in [-0.2, -0.15) is 0 Å². The van der Waals surface area contributed by atoms with E-state index in [2.05, 4.69) is 24.1 Å². The van der Waals surface area contributed by atoms with E-state index in [1.165, 1.54) is 0 Å². The number of nitrogens with two attached hydrogens (primary N) is 1. The van der Waals surface area contributed by atoms with E-state index in [1.807, 2.05) is 0 Å². The lowest BCUT2D eigenvalue weighted by molar-refractivity contribution is 0.0932. The van der Waals surface area contributed by atoms with Crippen LogP contribution in [0.1, 0.15) is 54.7 Å². The van der Waals surface area contributed by atoms with Crippen LogP contribution in [0, 0.1) is 5.92 Å². The molecular formula is C16H25N3O2. The van der Waals surface area contributed by atoms with Gasteiger partial charge in [0.15, 0.2) is 0 Å². The number of amides is 1. The summed E-state index contributed by atoms with van der Waals surface area (Å²) in [5.41, 5.74) is 7.69.